The van der Waals surface area contributed by atoms with Gasteiger partial charge in [-0.1, -0.05) is 0 Å². The second-order valence-electron chi connectivity index (χ2n) is 5.23. The van der Waals surface area contributed by atoms with E-state index in [-0.39, 0.29) is 0 Å². The number of aryl methyl sites for hydroxylation is 1. The van der Waals surface area contributed by atoms with E-state index in [2.05, 4.69) is 22.0 Å². The fourth-order valence-corrected chi connectivity index (χ4v) is 2.64. The van der Waals surface area contributed by atoms with Gasteiger partial charge in [0.1, 0.15) is 0 Å². The van der Waals surface area contributed by atoms with Gasteiger partial charge in [0.05, 0.1) is 5.52 Å². The number of nitrogen functional groups attached to an aromatic ring is 1. The van der Waals surface area contributed by atoms with Crippen LogP contribution in [0.2, 0.25) is 0 Å². The van der Waals surface area contributed by atoms with Crippen LogP contribution in [0, 0.1) is 6.92 Å². The number of nitrogens with zero attached hydrogens (tertiary/aromatic N) is 2. The van der Waals surface area contributed by atoms with Crippen molar-refractivity contribution in [2.45, 2.75) is 26.3 Å². The number of fused-ring (bicyclic) bond motifs is 1. The molecule has 0 radical (unpaired) electrons. The van der Waals surface area contributed by atoms with E-state index in [1.807, 2.05) is 19.2 Å². The van der Waals surface area contributed by atoms with Crippen molar-refractivity contribution in [2.24, 2.45) is 0 Å². The fourth-order valence-electron chi connectivity index (χ4n) is 2.64. The van der Waals surface area contributed by atoms with Crippen molar-refractivity contribution < 1.29 is 0 Å². The first kappa shape index (κ1) is 11.5. The third kappa shape index (κ3) is 2.18. The summed E-state index contributed by atoms with van der Waals surface area (Å²) in [7, 11) is 0. The minimum Gasteiger partial charge on any atom is -0.398 e. The molecule has 1 aromatic heterocycles. The van der Waals surface area contributed by atoms with E-state index in [1.165, 1.54) is 36.9 Å². The predicted molar refractivity (Wildman–Crippen MR) is 75.4 cm³/mol. The summed E-state index contributed by atoms with van der Waals surface area (Å²) in [5.41, 5.74) is 10.1. The highest BCUT2D eigenvalue weighted by molar-refractivity contribution is 5.83. The molecular formula is C15H19N3. The van der Waals surface area contributed by atoms with E-state index in [9.17, 15) is 0 Å². The number of likely N-dealkylation sites (tertiary alicyclic amines) is 1. The van der Waals surface area contributed by atoms with E-state index >= 15 is 0 Å². The summed E-state index contributed by atoms with van der Waals surface area (Å²) >= 11 is 0. The maximum absolute atomic E-state index is 5.91. The fraction of sp³-hybridized carbons (Fsp3) is 0.400. The Morgan fingerprint density at radius 2 is 2.00 bits per heavy atom. The van der Waals surface area contributed by atoms with Crippen LogP contribution in [0.1, 0.15) is 24.0 Å². The number of benzene rings is 1. The Bertz CT molecular complexity index is 571. The van der Waals surface area contributed by atoms with Crippen molar-refractivity contribution in [3.05, 3.63) is 35.5 Å². The standard InChI is InChI=1S/C15H19N3/c1-11-6-13-7-12(10-18-4-2-3-5-18)9-17-15(13)8-14(11)16/h6-9H,2-5,10,16H2,1H3. The molecule has 1 aromatic carbocycles. The van der Waals surface area contributed by atoms with Crippen molar-refractivity contribution >= 4 is 16.6 Å². The van der Waals surface area contributed by atoms with Gasteiger partial charge in [0.15, 0.2) is 0 Å². The zero-order valence-electron chi connectivity index (χ0n) is 10.8. The molecule has 0 spiro atoms. The second kappa shape index (κ2) is 4.58. The molecule has 18 heavy (non-hydrogen) atoms. The molecule has 3 nitrogen and oxygen atoms in total. The Morgan fingerprint density at radius 1 is 1.22 bits per heavy atom. The largest absolute Gasteiger partial charge is 0.398 e. The van der Waals surface area contributed by atoms with Crippen molar-refractivity contribution in [3.8, 4) is 0 Å². The lowest BCUT2D eigenvalue weighted by atomic mass is 10.1. The summed E-state index contributed by atoms with van der Waals surface area (Å²) in [5.74, 6) is 0. The smallest absolute Gasteiger partial charge is 0.0722 e. The molecule has 2 N–H and O–H groups in total. The number of nitrogens with two attached hydrogens (primary N) is 1. The van der Waals surface area contributed by atoms with Gasteiger partial charge in [-0.25, -0.2) is 0 Å². The third-order valence-electron chi connectivity index (χ3n) is 3.73. The van der Waals surface area contributed by atoms with Crippen molar-refractivity contribution in [2.75, 3.05) is 18.8 Å². The SMILES string of the molecule is Cc1cc2cc(CN3CCCC3)cnc2cc1N. The summed E-state index contributed by atoms with van der Waals surface area (Å²) in [6, 6.07) is 6.34. The van der Waals surface area contributed by atoms with Crippen LogP contribution in [0.5, 0.6) is 0 Å². The zero-order chi connectivity index (χ0) is 12.5. The lowest BCUT2D eigenvalue weighted by Crippen LogP contribution is -2.18. The van der Waals surface area contributed by atoms with Gasteiger partial charge in [0.2, 0.25) is 0 Å². The maximum atomic E-state index is 5.91. The Hall–Kier alpha value is -1.61. The summed E-state index contributed by atoms with van der Waals surface area (Å²) in [4.78, 5) is 7.01. The van der Waals surface area contributed by atoms with Gasteiger partial charge in [-0.15, -0.1) is 0 Å². The quantitative estimate of drug-likeness (QED) is 0.822. The summed E-state index contributed by atoms with van der Waals surface area (Å²) in [6.45, 7) is 5.51. The Balaban J connectivity index is 1.92. The molecule has 1 aliphatic heterocycles. The van der Waals surface area contributed by atoms with Gasteiger partial charge in [-0.05, 0) is 62.2 Å². The normalized spacial score (nSPS) is 16.5. The average Bonchev–Trinajstić information content (AvgIpc) is 2.84. The molecule has 2 heterocycles. The van der Waals surface area contributed by atoms with Crippen LogP contribution in [-0.2, 0) is 6.54 Å². The van der Waals surface area contributed by atoms with Crippen molar-refractivity contribution in [3.63, 3.8) is 0 Å². The molecule has 0 bridgehead atoms. The van der Waals surface area contributed by atoms with E-state index in [4.69, 9.17) is 5.73 Å². The summed E-state index contributed by atoms with van der Waals surface area (Å²) in [5, 5.41) is 1.19. The minimum absolute atomic E-state index is 0.822. The first-order valence-electron chi connectivity index (χ1n) is 6.59. The molecule has 0 amide bonds. The average molecular weight is 241 g/mol. The maximum Gasteiger partial charge on any atom is 0.0722 e. The van der Waals surface area contributed by atoms with Crippen LogP contribution < -0.4 is 5.73 Å². The van der Waals surface area contributed by atoms with Crippen molar-refractivity contribution in [1.82, 2.24) is 9.88 Å². The molecule has 1 saturated heterocycles. The monoisotopic (exact) mass is 241 g/mol. The molecule has 3 heteroatoms. The third-order valence-corrected chi connectivity index (χ3v) is 3.73. The molecule has 0 atom stereocenters. The van der Waals surface area contributed by atoms with E-state index < -0.39 is 0 Å². The van der Waals surface area contributed by atoms with Crippen LogP contribution >= 0.6 is 0 Å². The Kier molecular flexibility index (Phi) is 2.92. The minimum atomic E-state index is 0.822. The van der Waals surface area contributed by atoms with Gasteiger partial charge in [0.25, 0.3) is 0 Å². The van der Waals surface area contributed by atoms with Crippen molar-refractivity contribution in [1.29, 1.82) is 0 Å². The molecule has 0 aliphatic carbocycles. The Morgan fingerprint density at radius 3 is 2.78 bits per heavy atom. The topological polar surface area (TPSA) is 42.2 Å². The number of hydrogen-bond donors (Lipinski definition) is 1. The molecule has 0 saturated carbocycles. The number of rotatable bonds is 2. The highest BCUT2D eigenvalue weighted by Gasteiger charge is 2.12. The number of aromatic nitrogens is 1. The van der Waals surface area contributed by atoms with E-state index in [1.54, 1.807) is 0 Å². The molecule has 2 aromatic rings. The number of pyridine rings is 1. The lowest BCUT2D eigenvalue weighted by molar-refractivity contribution is 0.331. The zero-order valence-corrected chi connectivity index (χ0v) is 10.8. The van der Waals surface area contributed by atoms with Gasteiger partial charge in [-0.2, -0.15) is 0 Å². The van der Waals surface area contributed by atoms with Crippen LogP contribution in [0.3, 0.4) is 0 Å². The summed E-state index contributed by atoms with van der Waals surface area (Å²) < 4.78 is 0. The Labute approximate surface area is 108 Å². The van der Waals surface area contributed by atoms with Crippen LogP contribution in [0.25, 0.3) is 10.9 Å². The van der Waals surface area contributed by atoms with E-state index in [0.29, 0.717) is 0 Å². The van der Waals surface area contributed by atoms with Gasteiger partial charge >= 0.3 is 0 Å². The predicted octanol–water partition coefficient (Wildman–Crippen LogP) is 2.72. The second-order valence-corrected chi connectivity index (χ2v) is 5.23. The molecule has 0 unspecified atom stereocenters. The molecular weight excluding hydrogens is 222 g/mol. The molecule has 1 fully saturated rings. The van der Waals surface area contributed by atoms with E-state index in [0.717, 1.165) is 23.3 Å². The lowest BCUT2D eigenvalue weighted by Gasteiger charge is -2.14. The van der Waals surface area contributed by atoms with Gasteiger partial charge < -0.3 is 5.73 Å². The highest BCUT2D eigenvalue weighted by Crippen LogP contribution is 2.21. The summed E-state index contributed by atoms with van der Waals surface area (Å²) in [6.07, 6.45) is 4.64. The molecule has 94 valence electrons. The van der Waals surface area contributed by atoms with Crippen LogP contribution in [0.15, 0.2) is 24.4 Å². The highest BCUT2D eigenvalue weighted by atomic mass is 15.1. The van der Waals surface area contributed by atoms with Crippen LogP contribution in [-0.4, -0.2) is 23.0 Å². The van der Waals surface area contributed by atoms with Gasteiger partial charge in [0, 0.05) is 23.8 Å². The molecule has 1 aliphatic rings. The number of hydrogen-bond acceptors (Lipinski definition) is 3. The first-order valence-corrected chi connectivity index (χ1v) is 6.59. The van der Waals surface area contributed by atoms with Gasteiger partial charge in [-0.3, -0.25) is 9.88 Å². The first-order chi connectivity index (χ1) is 8.72. The number of anilines is 1. The molecule has 3 rings (SSSR count). The van der Waals surface area contributed by atoms with Crippen LogP contribution in [0.4, 0.5) is 5.69 Å².